The summed E-state index contributed by atoms with van der Waals surface area (Å²) in [5, 5.41) is 31.1. The summed E-state index contributed by atoms with van der Waals surface area (Å²) in [6.45, 7) is -0.195. The lowest BCUT2D eigenvalue weighted by atomic mass is 10.1. The van der Waals surface area contributed by atoms with Gasteiger partial charge < -0.3 is 25.3 Å². The highest BCUT2D eigenvalue weighted by Crippen LogP contribution is 2.38. The van der Waals surface area contributed by atoms with Crippen LogP contribution in [-0.4, -0.2) is 48.5 Å². The Kier molecular flexibility index (Phi) is 4.22. The predicted molar refractivity (Wildman–Crippen MR) is 95.7 cm³/mol. The SMILES string of the molecule is Nc1ncnc2c1c(-c1ccc([N+](=O)[O-])cc1)cn2[C@@H]1O[C@H](CO)C[C@H]1O. The molecule has 0 bridgehead atoms. The van der Waals surface area contributed by atoms with Gasteiger partial charge in [0.15, 0.2) is 6.23 Å². The number of ether oxygens (including phenoxy) is 1. The van der Waals surface area contributed by atoms with Crippen LogP contribution < -0.4 is 5.73 Å². The molecule has 1 aliphatic heterocycles. The summed E-state index contributed by atoms with van der Waals surface area (Å²) in [5.74, 6) is 0.248. The Balaban J connectivity index is 1.86. The smallest absolute Gasteiger partial charge is 0.269 e. The molecule has 10 nitrogen and oxygen atoms in total. The second kappa shape index (κ2) is 6.58. The van der Waals surface area contributed by atoms with Crippen LogP contribution in [0.2, 0.25) is 0 Å². The molecule has 0 saturated carbocycles. The molecule has 0 aliphatic carbocycles. The van der Waals surface area contributed by atoms with Gasteiger partial charge in [0.1, 0.15) is 23.9 Å². The minimum absolute atomic E-state index is 0.0213. The number of rotatable bonds is 4. The summed E-state index contributed by atoms with van der Waals surface area (Å²) >= 11 is 0. The molecule has 1 fully saturated rings. The highest BCUT2D eigenvalue weighted by Gasteiger charge is 2.36. The van der Waals surface area contributed by atoms with Crippen molar-refractivity contribution in [2.45, 2.75) is 24.9 Å². The number of aromatic nitrogens is 3. The highest BCUT2D eigenvalue weighted by atomic mass is 16.6. The molecular formula is C17H17N5O5. The number of nitro groups is 1. The number of fused-ring (bicyclic) bond motifs is 1. The van der Waals surface area contributed by atoms with Crippen molar-refractivity contribution in [1.29, 1.82) is 0 Å². The zero-order chi connectivity index (χ0) is 19.1. The van der Waals surface area contributed by atoms with Crippen molar-refractivity contribution in [2.75, 3.05) is 12.3 Å². The van der Waals surface area contributed by atoms with Crippen LogP contribution in [0, 0.1) is 10.1 Å². The van der Waals surface area contributed by atoms with E-state index in [1.807, 2.05) is 0 Å². The lowest BCUT2D eigenvalue weighted by Gasteiger charge is -2.17. The Labute approximate surface area is 153 Å². The topological polar surface area (TPSA) is 150 Å². The molecule has 1 aromatic carbocycles. The highest BCUT2D eigenvalue weighted by molar-refractivity contribution is 6.00. The molecule has 10 heteroatoms. The first-order valence-corrected chi connectivity index (χ1v) is 8.29. The molecule has 4 rings (SSSR count). The Bertz CT molecular complexity index is 1000. The summed E-state index contributed by atoms with van der Waals surface area (Å²) in [4.78, 5) is 18.7. The largest absolute Gasteiger partial charge is 0.394 e. The fraction of sp³-hybridized carbons (Fsp3) is 0.294. The second-order valence-electron chi connectivity index (χ2n) is 6.35. The molecule has 27 heavy (non-hydrogen) atoms. The molecule has 0 radical (unpaired) electrons. The van der Waals surface area contributed by atoms with Gasteiger partial charge in [0.05, 0.1) is 23.0 Å². The van der Waals surface area contributed by atoms with Crippen molar-refractivity contribution in [2.24, 2.45) is 0 Å². The third-order valence-corrected chi connectivity index (χ3v) is 4.67. The number of nitrogens with zero attached hydrogens (tertiary/aromatic N) is 4. The number of non-ortho nitro benzene ring substituents is 1. The monoisotopic (exact) mass is 371 g/mol. The normalized spacial score (nSPS) is 22.4. The standard InChI is InChI=1S/C17H17N5O5/c18-15-14-12(9-1-3-10(4-2-9)22(25)26)6-21(16(14)20-8-19-15)17-13(24)5-11(7-23)27-17/h1-4,6,8,11,13,17,23-24H,5,7H2,(H2,18,19,20)/t11-,13+,17+/m0/s1. The third kappa shape index (κ3) is 2.89. The van der Waals surface area contributed by atoms with Crippen molar-refractivity contribution in [3.8, 4) is 11.1 Å². The van der Waals surface area contributed by atoms with Crippen molar-refractivity contribution in [1.82, 2.24) is 14.5 Å². The minimum atomic E-state index is -0.821. The predicted octanol–water partition coefficient (Wildman–Crippen LogP) is 1.23. The van der Waals surface area contributed by atoms with Crippen LogP contribution in [0.4, 0.5) is 11.5 Å². The van der Waals surface area contributed by atoms with Crippen molar-refractivity contribution in [3.63, 3.8) is 0 Å². The maximum Gasteiger partial charge on any atom is 0.269 e. The van der Waals surface area contributed by atoms with E-state index in [-0.39, 0.29) is 18.1 Å². The number of benzene rings is 1. The van der Waals surface area contributed by atoms with E-state index >= 15 is 0 Å². The van der Waals surface area contributed by atoms with Crippen LogP contribution in [0.1, 0.15) is 12.6 Å². The molecule has 1 aliphatic rings. The van der Waals surface area contributed by atoms with Gasteiger partial charge in [-0.15, -0.1) is 0 Å². The molecule has 1 saturated heterocycles. The summed E-state index contributed by atoms with van der Waals surface area (Å²) in [6.07, 6.45) is 1.33. The maximum atomic E-state index is 10.9. The van der Waals surface area contributed by atoms with E-state index in [1.54, 1.807) is 22.9 Å². The average molecular weight is 371 g/mol. The van der Waals surface area contributed by atoms with Gasteiger partial charge in [-0.3, -0.25) is 10.1 Å². The van der Waals surface area contributed by atoms with Crippen LogP contribution in [0.3, 0.4) is 0 Å². The molecule has 0 amide bonds. The van der Waals surface area contributed by atoms with Gasteiger partial charge in [-0.1, -0.05) is 0 Å². The lowest BCUT2D eigenvalue weighted by Crippen LogP contribution is -2.19. The van der Waals surface area contributed by atoms with E-state index in [0.29, 0.717) is 28.6 Å². The van der Waals surface area contributed by atoms with Gasteiger partial charge in [-0.2, -0.15) is 0 Å². The number of hydrogen-bond donors (Lipinski definition) is 3. The van der Waals surface area contributed by atoms with E-state index < -0.39 is 23.4 Å². The zero-order valence-electron chi connectivity index (χ0n) is 14.1. The molecule has 0 spiro atoms. The number of nitro benzene ring substituents is 1. The van der Waals surface area contributed by atoms with Gasteiger partial charge >= 0.3 is 0 Å². The number of nitrogen functional groups attached to an aromatic ring is 1. The first-order chi connectivity index (χ1) is 13.0. The summed E-state index contributed by atoms with van der Waals surface area (Å²) in [5.41, 5.74) is 7.87. The first-order valence-electron chi connectivity index (χ1n) is 8.29. The van der Waals surface area contributed by atoms with Crippen LogP contribution >= 0.6 is 0 Å². The molecule has 140 valence electrons. The molecule has 0 unspecified atom stereocenters. The van der Waals surface area contributed by atoms with Gasteiger partial charge in [0.25, 0.3) is 5.69 Å². The van der Waals surface area contributed by atoms with Gasteiger partial charge in [-0.05, 0) is 17.7 Å². The number of anilines is 1. The summed E-state index contributed by atoms with van der Waals surface area (Å²) in [6, 6.07) is 6.04. The summed E-state index contributed by atoms with van der Waals surface area (Å²) in [7, 11) is 0. The lowest BCUT2D eigenvalue weighted by molar-refractivity contribution is -0.384. The van der Waals surface area contributed by atoms with E-state index in [1.165, 1.54) is 18.5 Å². The molecule has 4 N–H and O–H groups in total. The maximum absolute atomic E-state index is 10.9. The fourth-order valence-corrected chi connectivity index (χ4v) is 3.38. The Morgan fingerprint density at radius 3 is 2.70 bits per heavy atom. The number of aliphatic hydroxyl groups is 2. The van der Waals surface area contributed by atoms with Gasteiger partial charge in [-0.25, -0.2) is 9.97 Å². The minimum Gasteiger partial charge on any atom is -0.394 e. The van der Waals surface area contributed by atoms with E-state index in [4.69, 9.17) is 10.5 Å². The van der Waals surface area contributed by atoms with Crippen LogP contribution in [0.25, 0.3) is 22.2 Å². The summed E-state index contributed by atoms with van der Waals surface area (Å²) < 4.78 is 7.39. The molecule has 3 atom stereocenters. The number of nitrogens with two attached hydrogens (primary N) is 1. The van der Waals surface area contributed by atoms with Crippen LogP contribution in [-0.2, 0) is 4.74 Å². The van der Waals surface area contributed by atoms with E-state index in [9.17, 15) is 20.3 Å². The quantitative estimate of drug-likeness (QED) is 0.458. The third-order valence-electron chi connectivity index (χ3n) is 4.67. The number of aliphatic hydroxyl groups excluding tert-OH is 2. The van der Waals surface area contributed by atoms with Gasteiger partial charge in [0.2, 0.25) is 0 Å². The van der Waals surface area contributed by atoms with Crippen LogP contribution in [0.15, 0.2) is 36.8 Å². The number of hydrogen-bond acceptors (Lipinski definition) is 8. The van der Waals surface area contributed by atoms with Gasteiger partial charge in [0, 0.05) is 30.3 Å². The van der Waals surface area contributed by atoms with Crippen molar-refractivity contribution >= 4 is 22.5 Å². The van der Waals surface area contributed by atoms with E-state index in [0.717, 1.165) is 0 Å². The zero-order valence-corrected chi connectivity index (χ0v) is 14.1. The Morgan fingerprint density at radius 2 is 2.07 bits per heavy atom. The van der Waals surface area contributed by atoms with Crippen molar-refractivity contribution in [3.05, 3.63) is 46.9 Å². The molecule has 3 aromatic rings. The fourth-order valence-electron chi connectivity index (χ4n) is 3.38. The second-order valence-corrected chi connectivity index (χ2v) is 6.35. The molecular weight excluding hydrogens is 354 g/mol. The van der Waals surface area contributed by atoms with Crippen LogP contribution in [0.5, 0.6) is 0 Å². The van der Waals surface area contributed by atoms with Crippen molar-refractivity contribution < 1.29 is 19.9 Å². The average Bonchev–Trinajstić information content (AvgIpc) is 3.23. The molecule has 3 heterocycles. The first kappa shape index (κ1) is 17.3. The molecule has 2 aromatic heterocycles. The van der Waals surface area contributed by atoms with E-state index in [2.05, 4.69) is 9.97 Å². The Morgan fingerprint density at radius 1 is 1.33 bits per heavy atom. The Hall–Kier alpha value is -3.08.